The molecule has 0 radical (unpaired) electrons. The number of nitrogens with one attached hydrogen (secondary N) is 2. The van der Waals surface area contributed by atoms with Crippen LogP contribution in [0.4, 0.5) is 23.0 Å². The monoisotopic (exact) mass is 652 g/mol. The van der Waals surface area contributed by atoms with Crippen molar-refractivity contribution in [2.24, 2.45) is 0 Å². The van der Waals surface area contributed by atoms with E-state index in [1.165, 1.54) is 11.9 Å². The minimum atomic E-state index is -0.379. The average Bonchev–Trinajstić information content (AvgIpc) is 3.09. The maximum Gasteiger partial charge on any atom is 0.262 e. The molecule has 1 aliphatic heterocycles. The second-order valence-corrected chi connectivity index (χ2v) is 12.4. The van der Waals surface area contributed by atoms with Crippen molar-refractivity contribution in [3.8, 4) is 17.4 Å². The summed E-state index contributed by atoms with van der Waals surface area (Å²) < 4.78 is 17.8. The molecular weight excluding hydrogens is 604 g/mol. The first kappa shape index (κ1) is 34.7. The van der Waals surface area contributed by atoms with Gasteiger partial charge in [-0.1, -0.05) is 37.6 Å². The Labute approximate surface area is 284 Å². The Hall–Kier alpha value is -4.67. The van der Waals surface area contributed by atoms with E-state index >= 15 is 0 Å². The van der Waals surface area contributed by atoms with Gasteiger partial charge < -0.3 is 29.7 Å². The van der Waals surface area contributed by atoms with E-state index < -0.39 is 0 Å². The Kier molecular flexibility index (Phi) is 11.9. The number of ether oxygens (including phenoxy) is 3. The molecule has 1 aliphatic rings. The van der Waals surface area contributed by atoms with Crippen LogP contribution in [0.25, 0.3) is 0 Å². The number of aryl methyl sites for hydroxylation is 2. The third-order valence-corrected chi connectivity index (χ3v) is 8.60. The number of unbranched alkanes of at least 4 members (excludes halogenated alkanes) is 1. The minimum Gasteiger partial charge on any atom is -0.493 e. The third kappa shape index (κ3) is 8.81. The maximum atomic E-state index is 13.7. The highest BCUT2D eigenvalue weighted by Crippen LogP contribution is 2.34. The van der Waals surface area contributed by atoms with Gasteiger partial charge in [0.05, 0.1) is 13.7 Å². The molecule has 0 spiro atoms. The van der Waals surface area contributed by atoms with Gasteiger partial charge in [-0.05, 0) is 87.2 Å². The number of para-hydroxylation sites is 1. The van der Waals surface area contributed by atoms with Crippen LogP contribution in [-0.2, 0) is 11.3 Å². The van der Waals surface area contributed by atoms with Crippen molar-refractivity contribution in [2.45, 2.75) is 60.1 Å². The lowest BCUT2D eigenvalue weighted by Gasteiger charge is -2.38. The molecule has 3 aromatic carbocycles. The predicted octanol–water partition coefficient (Wildman–Crippen LogP) is 7.74. The molecule has 10 heteroatoms. The zero-order chi connectivity index (χ0) is 34.0. The van der Waals surface area contributed by atoms with Crippen LogP contribution in [-0.4, -0.2) is 66.7 Å². The molecule has 10 nitrogen and oxygen atoms in total. The Morgan fingerprint density at radius 1 is 0.958 bits per heavy atom. The Morgan fingerprint density at radius 3 is 2.35 bits per heavy atom. The first-order valence-electron chi connectivity index (χ1n) is 16.8. The fraction of sp³-hybridized carbons (Fsp3) is 0.395. The third-order valence-electron chi connectivity index (χ3n) is 8.60. The van der Waals surface area contributed by atoms with Gasteiger partial charge in [-0.25, -0.2) is 4.98 Å². The molecule has 0 atom stereocenters. The van der Waals surface area contributed by atoms with Crippen LogP contribution in [0.5, 0.6) is 17.4 Å². The highest BCUT2D eigenvalue weighted by Gasteiger charge is 2.21. The normalized spacial score (nSPS) is 13.4. The van der Waals surface area contributed by atoms with Gasteiger partial charge in [0.1, 0.15) is 5.56 Å². The van der Waals surface area contributed by atoms with Crippen molar-refractivity contribution in [1.82, 2.24) is 14.9 Å². The fourth-order valence-electron chi connectivity index (χ4n) is 5.66. The number of benzene rings is 3. The zero-order valence-electron chi connectivity index (χ0n) is 29.0. The fourth-order valence-corrected chi connectivity index (χ4v) is 5.66. The number of anilines is 4. The van der Waals surface area contributed by atoms with Gasteiger partial charge in [-0.3, -0.25) is 9.69 Å². The Morgan fingerprint density at radius 2 is 1.69 bits per heavy atom. The summed E-state index contributed by atoms with van der Waals surface area (Å²) >= 11 is 0. The quantitative estimate of drug-likeness (QED) is 0.133. The second kappa shape index (κ2) is 16.4. The Balaban J connectivity index is 1.38. The van der Waals surface area contributed by atoms with E-state index in [-0.39, 0.29) is 17.4 Å². The van der Waals surface area contributed by atoms with E-state index in [9.17, 15) is 4.79 Å². The van der Waals surface area contributed by atoms with Crippen LogP contribution in [0, 0.1) is 13.8 Å². The van der Waals surface area contributed by atoms with Crippen molar-refractivity contribution in [3.05, 3.63) is 89.1 Å². The highest BCUT2D eigenvalue weighted by molar-refractivity contribution is 6.06. The van der Waals surface area contributed by atoms with Crippen LogP contribution in [0.3, 0.4) is 0 Å². The van der Waals surface area contributed by atoms with Gasteiger partial charge in [0, 0.05) is 62.1 Å². The molecule has 2 N–H and O–H groups in total. The molecule has 5 rings (SSSR count). The van der Waals surface area contributed by atoms with Crippen molar-refractivity contribution in [3.63, 3.8) is 0 Å². The molecule has 1 saturated heterocycles. The number of aromatic nitrogens is 2. The van der Waals surface area contributed by atoms with Crippen molar-refractivity contribution in [2.75, 3.05) is 55.4 Å². The summed E-state index contributed by atoms with van der Waals surface area (Å²) in [6.07, 6.45) is 3.57. The van der Waals surface area contributed by atoms with Gasteiger partial charge in [0.15, 0.2) is 11.5 Å². The number of carbonyl (C=O) groups excluding carboxylic acids is 1. The largest absolute Gasteiger partial charge is 0.493 e. The van der Waals surface area contributed by atoms with Crippen LogP contribution in [0.15, 0.2) is 66.9 Å². The van der Waals surface area contributed by atoms with E-state index in [2.05, 4.69) is 63.3 Å². The number of hydrogen-bond donors (Lipinski definition) is 2. The summed E-state index contributed by atoms with van der Waals surface area (Å²) in [5.74, 6) is 0.942. The molecule has 0 aliphatic carbocycles. The first-order valence-corrected chi connectivity index (χ1v) is 16.8. The SMILES string of the molecule is CCCCOCc1ccc(Oc2nc(Nc3ccc(N4CCN(C(C)C)CC4)cc3)ncc2C(=O)Nc2c(C)cccc2C)c(OC)c1. The summed E-state index contributed by atoms with van der Waals surface area (Å²) in [6.45, 7) is 15.8. The van der Waals surface area contributed by atoms with Crippen molar-refractivity contribution in [1.29, 1.82) is 0 Å². The van der Waals surface area contributed by atoms with Gasteiger partial charge in [-0.15, -0.1) is 0 Å². The molecular formula is C38H48N6O4. The van der Waals surface area contributed by atoms with E-state index in [0.717, 1.165) is 67.1 Å². The first-order chi connectivity index (χ1) is 23.2. The standard InChI is InChI=1S/C38H48N6O4/c1-7-8-22-47-25-29-12-17-33(34(23-29)46-6)48-37-32(36(45)41-35-27(4)10-9-11-28(35)5)24-39-38(42-37)40-30-13-15-31(16-14-30)44-20-18-43(19-21-44)26(2)3/h9-17,23-24,26H,7-8,18-22,25H2,1-6H3,(H,41,45)(H,39,40,42). The van der Waals surface area contributed by atoms with Crippen LogP contribution >= 0.6 is 0 Å². The van der Waals surface area contributed by atoms with Crippen LogP contribution < -0.4 is 25.0 Å². The molecule has 4 aromatic rings. The topological polar surface area (TPSA) is 101 Å². The van der Waals surface area contributed by atoms with E-state index in [0.29, 0.717) is 36.7 Å². The molecule has 0 unspecified atom stereocenters. The average molecular weight is 653 g/mol. The van der Waals surface area contributed by atoms with Crippen molar-refractivity contribution >= 4 is 28.9 Å². The molecule has 254 valence electrons. The number of nitrogens with zero attached hydrogens (tertiary/aromatic N) is 4. The van der Waals surface area contributed by atoms with Gasteiger partial charge in [-0.2, -0.15) is 4.98 Å². The summed E-state index contributed by atoms with van der Waals surface area (Å²) in [5, 5.41) is 6.31. The van der Waals surface area contributed by atoms with Crippen LogP contribution in [0.1, 0.15) is 60.7 Å². The van der Waals surface area contributed by atoms with E-state index in [4.69, 9.17) is 14.2 Å². The van der Waals surface area contributed by atoms with E-state index in [1.807, 2.05) is 56.3 Å². The molecule has 0 saturated carbocycles. The minimum absolute atomic E-state index is 0.0983. The lowest BCUT2D eigenvalue weighted by atomic mass is 10.1. The summed E-state index contributed by atoms with van der Waals surface area (Å²) in [6, 6.07) is 20.3. The lowest BCUT2D eigenvalue weighted by Crippen LogP contribution is -2.48. The highest BCUT2D eigenvalue weighted by atomic mass is 16.5. The second-order valence-electron chi connectivity index (χ2n) is 12.4. The predicted molar refractivity (Wildman–Crippen MR) is 192 cm³/mol. The van der Waals surface area contributed by atoms with Gasteiger partial charge in [0.25, 0.3) is 5.91 Å². The van der Waals surface area contributed by atoms with Gasteiger partial charge in [0.2, 0.25) is 11.8 Å². The molecule has 1 amide bonds. The molecule has 1 fully saturated rings. The number of rotatable bonds is 14. The number of piperazine rings is 1. The van der Waals surface area contributed by atoms with Gasteiger partial charge >= 0.3 is 0 Å². The maximum absolute atomic E-state index is 13.7. The Bertz CT molecular complexity index is 1650. The number of carbonyl (C=O) groups is 1. The molecule has 2 heterocycles. The summed E-state index contributed by atoms with van der Waals surface area (Å²) in [7, 11) is 1.58. The summed E-state index contributed by atoms with van der Waals surface area (Å²) in [4.78, 5) is 27.8. The number of amides is 1. The van der Waals surface area contributed by atoms with Crippen molar-refractivity contribution < 1.29 is 19.0 Å². The number of hydrogen-bond acceptors (Lipinski definition) is 9. The summed E-state index contributed by atoms with van der Waals surface area (Å²) in [5.41, 5.74) is 5.79. The smallest absolute Gasteiger partial charge is 0.262 e. The van der Waals surface area contributed by atoms with E-state index in [1.54, 1.807) is 13.2 Å². The molecule has 0 bridgehead atoms. The molecule has 48 heavy (non-hydrogen) atoms. The van der Waals surface area contributed by atoms with Crippen LogP contribution in [0.2, 0.25) is 0 Å². The lowest BCUT2D eigenvalue weighted by molar-refractivity contribution is 0.102. The molecule has 1 aromatic heterocycles. The number of methoxy groups -OCH3 is 1. The zero-order valence-corrected chi connectivity index (χ0v) is 29.0.